The number of carbonyl (C=O) groups is 2. The van der Waals surface area contributed by atoms with Crippen LogP contribution in [0.4, 0.5) is 5.69 Å². The highest BCUT2D eigenvalue weighted by Crippen LogP contribution is 2.35. The zero-order valence-electron chi connectivity index (χ0n) is 14.1. The van der Waals surface area contributed by atoms with Crippen molar-refractivity contribution in [3.8, 4) is 11.8 Å². The molecule has 0 fully saturated rings. The summed E-state index contributed by atoms with van der Waals surface area (Å²) in [4.78, 5) is 23.4. The highest BCUT2D eigenvalue weighted by atomic mass is 79.9. The van der Waals surface area contributed by atoms with Gasteiger partial charge in [0.2, 0.25) is 0 Å². The molecule has 1 amide bonds. The van der Waals surface area contributed by atoms with Crippen LogP contribution in [0.25, 0.3) is 6.08 Å². The highest BCUT2D eigenvalue weighted by Gasteiger charge is 2.13. The van der Waals surface area contributed by atoms with Crippen molar-refractivity contribution < 1.29 is 19.4 Å². The Morgan fingerprint density at radius 2 is 1.93 bits per heavy atom. The summed E-state index contributed by atoms with van der Waals surface area (Å²) in [7, 11) is 0. The Hall–Kier alpha value is -2.63. The molecule has 0 heterocycles. The van der Waals surface area contributed by atoms with Crippen molar-refractivity contribution in [1.29, 1.82) is 5.26 Å². The molecule has 2 aromatic rings. The lowest BCUT2D eigenvalue weighted by Crippen LogP contribution is -2.14. The number of carboxylic acid groups (broad SMARTS) is 1. The number of aromatic carboxylic acids is 1. The number of carbonyl (C=O) groups excluding carboxylic acids is 1. The second kappa shape index (κ2) is 9.35. The second-order valence-corrected chi connectivity index (χ2v) is 6.97. The molecule has 2 aromatic carbocycles. The van der Waals surface area contributed by atoms with Crippen molar-refractivity contribution in [3.05, 3.63) is 62.0 Å². The van der Waals surface area contributed by atoms with Gasteiger partial charge in [-0.3, -0.25) is 4.79 Å². The molecule has 0 radical (unpaired) electrons. The monoisotopic (exact) mass is 492 g/mol. The summed E-state index contributed by atoms with van der Waals surface area (Å²) in [5.41, 5.74) is 0.812. The third-order valence-electron chi connectivity index (χ3n) is 3.35. The van der Waals surface area contributed by atoms with E-state index in [4.69, 9.17) is 9.84 Å². The minimum atomic E-state index is -1.11. The largest absolute Gasteiger partial charge is 0.492 e. The van der Waals surface area contributed by atoms with Crippen LogP contribution in [0.2, 0.25) is 0 Å². The molecule has 0 aliphatic carbocycles. The number of hydrogen-bond acceptors (Lipinski definition) is 4. The molecule has 0 saturated carbocycles. The van der Waals surface area contributed by atoms with Gasteiger partial charge in [0.25, 0.3) is 5.91 Å². The number of carboxylic acids is 1. The molecule has 0 atom stereocenters. The number of rotatable bonds is 6. The fourth-order valence-electron chi connectivity index (χ4n) is 2.19. The van der Waals surface area contributed by atoms with Gasteiger partial charge in [-0.15, -0.1) is 0 Å². The first-order chi connectivity index (χ1) is 12.8. The zero-order chi connectivity index (χ0) is 20.0. The van der Waals surface area contributed by atoms with Gasteiger partial charge in [-0.25, -0.2) is 4.79 Å². The lowest BCUT2D eigenvalue weighted by atomic mass is 10.1. The summed E-state index contributed by atoms with van der Waals surface area (Å²) in [5, 5.41) is 20.9. The third-order valence-corrected chi connectivity index (χ3v) is 4.53. The maximum atomic E-state index is 12.4. The average Bonchev–Trinajstić information content (AvgIpc) is 2.62. The number of hydrogen-bond donors (Lipinski definition) is 2. The van der Waals surface area contributed by atoms with E-state index in [1.807, 2.05) is 13.0 Å². The van der Waals surface area contributed by atoms with Crippen molar-refractivity contribution in [2.75, 3.05) is 11.9 Å². The van der Waals surface area contributed by atoms with Crippen LogP contribution in [0.1, 0.15) is 22.8 Å². The maximum Gasteiger partial charge on any atom is 0.335 e. The smallest absolute Gasteiger partial charge is 0.335 e. The molecule has 0 aliphatic heterocycles. The molecule has 27 heavy (non-hydrogen) atoms. The van der Waals surface area contributed by atoms with E-state index in [1.165, 1.54) is 24.3 Å². The van der Waals surface area contributed by atoms with E-state index < -0.39 is 11.9 Å². The lowest BCUT2D eigenvalue weighted by Gasteiger charge is -2.10. The van der Waals surface area contributed by atoms with Gasteiger partial charge in [-0.05, 0) is 80.8 Å². The van der Waals surface area contributed by atoms with Crippen LogP contribution in [0.5, 0.6) is 5.75 Å². The van der Waals surface area contributed by atoms with E-state index >= 15 is 0 Å². The number of nitriles is 1. The lowest BCUT2D eigenvalue weighted by molar-refractivity contribution is -0.112. The number of benzene rings is 2. The standard InChI is InChI=1S/C19H14Br2N2O4/c1-2-27-17-15(20)7-11(8-16(17)21)6-13(10-22)18(24)23-14-5-3-4-12(9-14)19(25)26/h3-9H,2H2,1H3,(H,23,24)(H,25,26)/b13-6-. The summed E-state index contributed by atoms with van der Waals surface area (Å²) in [5.74, 6) is -1.12. The summed E-state index contributed by atoms with van der Waals surface area (Å²) in [6.07, 6.45) is 1.43. The SMILES string of the molecule is CCOc1c(Br)cc(/C=C(/C#N)C(=O)Nc2cccc(C(=O)O)c2)cc1Br. The van der Waals surface area contributed by atoms with E-state index in [-0.39, 0.29) is 16.8 Å². The molecule has 6 nitrogen and oxygen atoms in total. The first-order valence-electron chi connectivity index (χ1n) is 7.74. The van der Waals surface area contributed by atoms with Crippen LogP contribution in [0.15, 0.2) is 50.9 Å². The molecule has 0 bridgehead atoms. The molecule has 0 spiro atoms. The summed E-state index contributed by atoms with van der Waals surface area (Å²) in [6.45, 7) is 2.36. The van der Waals surface area contributed by atoms with Gasteiger partial charge in [-0.1, -0.05) is 6.07 Å². The molecule has 8 heteroatoms. The molecule has 138 valence electrons. The Morgan fingerprint density at radius 3 is 2.48 bits per heavy atom. The molecule has 0 aliphatic rings. The average molecular weight is 494 g/mol. The van der Waals surface area contributed by atoms with Crippen LogP contribution in [-0.2, 0) is 4.79 Å². The van der Waals surface area contributed by atoms with Crippen molar-refractivity contribution in [2.45, 2.75) is 6.92 Å². The van der Waals surface area contributed by atoms with E-state index in [2.05, 4.69) is 37.2 Å². The molecule has 0 unspecified atom stereocenters. The van der Waals surface area contributed by atoms with Crippen LogP contribution in [0, 0.1) is 11.3 Å². The van der Waals surface area contributed by atoms with Gasteiger partial charge in [0.15, 0.2) is 0 Å². The van der Waals surface area contributed by atoms with Crippen LogP contribution >= 0.6 is 31.9 Å². The first kappa shape index (κ1) is 20.7. The Labute approximate surface area is 172 Å². The van der Waals surface area contributed by atoms with Crippen LogP contribution < -0.4 is 10.1 Å². The molecule has 2 rings (SSSR count). The van der Waals surface area contributed by atoms with Crippen molar-refractivity contribution >= 4 is 55.5 Å². The number of anilines is 1. The van der Waals surface area contributed by atoms with Crippen molar-refractivity contribution in [2.24, 2.45) is 0 Å². The van der Waals surface area contributed by atoms with E-state index in [0.29, 0.717) is 26.9 Å². The van der Waals surface area contributed by atoms with Gasteiger partial charge in [0.05, 0.1) is 21.1 Å². The fourth-order valence-corrected chi connectivity index (χ4v) is 3.64. The quantitative estimate of drug-likeness (QED) is 0.442. The van der Waals surface area contributed by atoms with Gasteiger partial charge in [-0.2, -0.15) is 5.26 Å². The third kappa shape index (κ3) is 5.42. The maximum absolute atomic E-state index is 12.4. The van der Waals surface area contributed by atoms with Crippen LogP contribution in [0.3, 0.4) is 0 Å². The van der Waals surface area contributed by atoms with Gasteiger partial charge >= 0.3 is 5.97 Å². The zero-order valence-corrected chi connectivity index (χ0v) is 17.3. The molecular weight excluding hydrogens is 480 g/mol. The predicted molar refractivity (Wildman–Crippen MR) is 109 cm³/mol. The topological polar surface area (TPSA) is 99.4 Å². The number of halogens is 2. The molecule has 0 saturated heterocycles. The minimum Gasteiger partial charge on any atom is -0.492 e. The van der Waals surface area contributed by atoms with Gasteiger partial charge < -0.3 is 15.2 Å². The fraction of sp³-hybridized carbons (Fsp3) is 0.105. The van der Waals surface area contributed by atoms with E-state index in [1.54, 1.807) is 18.2 Å². The number of amides is 1. The van der Waals surface area contributed by atoms with E-state index in [0.717, 1.165) is 0 Å². The second-order valence-electron chi connectivity index (χ2n) is 5.26. The van der Waals surface area contributed by atoms with Gasteiger partial charge in [0.1, 0.15) is 17.4 Å². The summed E-state index contributed by atoms with van der Waals surface area (Å²) >= 11 is 6.80. The Kier molecular flexibility index (Phi) is 7.16. The van der Waals surface area contributed by atoms with Crippen molar-refractivity contribution in [3.63, 3.8) is 0 Å². The van der Waals surface area contributed by atoms with Crippen LogP contribution in [-0.4, -0.2) is 23.6 Å². The van der Waals surface area contributed by atoms with Gasteiger partial charge in [0, 0.05) is 5.69 Å². The molecular formula is C19H14Br2N2O4. The molecule has 2 N–H and O–H groups in total. The Balaban J connectivity index is 2.28. The van der Waals surface area contributed by atoms with Crippen molar-refractivity contribution in [1.82, 2.24) is 0 Å². The summed E-state index contributed by atoms with van der Waals surface area (Å²) in [6, 6.07) is 11.1. The minimum absolute atomic E-state index is 0.0367. The Bertz CT molecular complexity index is 941. The number of ether oxygens (including phenoxy) is 1. The number of nitrogens with zero attached hydrogens (tertiary/aromatic N) is 1. The molecule has 0 aromatic heterocycles. The Morgan fingerprint density at radius 1 is 1.26 bits per heavy atom. The predicted octanol–water partition coefficient (Wildman–Crippen LogP) is 4.85. The highest BCUT2D eigenvalue weighted by molar-refractivity contribution is 9.11. The summed E-state index contributed by atoms with van der Waals surface area (Å²) < 4.78 is 6.86. The first-order valence-corrected chi connectivity index (χ1v) is 9.32. The normalized spacial score (nSPS) is 10.8. The number of nitrogens with one attached hydrogen (secondary N) is 1. The van der Waals surface area contributed by atoms with E-state index in [9.17, 15) is 14.9 Å².